The third-order valence-corrected chi connectivity index (χ3v) is 6.04. The molecule has 8 nitrogen and oxygen atoms in total. The van der Waals surface area contributed by atoms with Crippen molar-refractivity contribution in [3.05, 3.63) is 59.0 Å². The van der Waals surface area contributed by atoms with Gasteiger partial charge in [-0.2, -0.15) is 0 Å². The van der Waals surface area contributed by atoms with Crippen molar-refractivity contribution >= 4 is 11.8 Å². The van der Waals surface area contributed by atoms with Crippen LogP contribution in [0, 0.1) is 23.6 Å². The Morgan fingerprint density at radius 2 is 2.00 bits per heavy atom. The number of hydrogen-bond donors (Lipinski definition) is 1. The van der Waals surface area contributed by atoms with Crippen LogP contribution >= 0.6 is 0 Å². The molecule has 0 radical (unpaired) electrons. The van der Waals surface area contributed by atoms with Crippen LogP contribution in [0.15, 0.2) is 36.5 Å². The van der Waals surface area contributed by atoms with Gasteiger partial charge in [-0.1, -0.05) is 18.8 Å². The van der Waals surface area contributed by atoms with Crippen molar-refractivity contribution < 1.29 is 23.8 Å². The second-order valence-electron chi connectivity index (χ2n) is 9.43. The molecule has 2 amide bonds. The van der Waals surface area contributed by atoms with Crippen LogP contribution < -0.4 is 4.74 Å². The standard InChI is InChI=1S/C27H33FN4O4/c1-18-15-32(19(2)17-33)27(35)23-13-20(7-6-12-30(3)4)14-29-25(23)36-24(18)16-31(5)26(34)21-8-10-22(28)11-9-21/h8-11,13-14,18-19,24,33H,12,15-17H2,1-5H3/t18-,19-,24-/m1/s1. The number of hydrogen-bond acceptors (Lipinski definition) is 6. The molecule has 0 aliphatic carbocycles. The smallest absolute Gasteiger partial charge is 0.259 e. The molecule has 0 unspecified atom stereocenters. The number of rotatable bonds is 6. The van der Waals surface area contributed by atoms with Crippen LogP contribution in [0.5, 0.6) is 5.88 Å². The number of amides is 2. The van der Waals surface area contributed by atoms with Gasteiger partial charge in [-0.25, -0.2) is 9.37 Å². The van der Waals surface area contributed by atoms with E-state index in [0.29, 0.717) is 24.2 Å². The Morgan fingerprint density at radius 1 is 1.31 bits per heavy atom. The first kappa shape index (κ1) is 27.1. The third-order valence-electron chi connectivity index (χ3n) is 6.04. The summed E-state index contributed by atoms with van der Waals surface area (Å²) in [6.45, 7) is 4.61. The topological polar surface area (TPSA) is 86.2 Å². The van der Waals surface area contributed by atoms with Gasteiger partial charge in [0.15, 0.2) is 0 Å². The molecular formula is C27H33FN4O4. The molecule has 0 bridgehead atoms. The van der Waals surface area contributed by atoms with Gasteiger partial charge >= 0.3 is 0 Å². The molecule has 0 spiro atoms. The van der Waals surface area contributed by atoms with Gasteiger partial charge in [0.2, 0.25) is 5.88 Å². The second kappa shape index (κ2) is 12.0. The predicted octanol–water partition coefficient (Wildman–Crippen LogP) is 2.13. The van der Waals surface area contributed by atoms with E-state index in [2.05, 4.69) is 16.8 Å². The molecule has 1 aromatic heterocycles. The minimum atomic E-state index is -0.488. The number of halogens is 1. The first-order valence-corrected chi connectivity index (χ1v) is 11.8. The van der Waals surface area contributed by atoms with Crippen LogP contribution in [-0.2, 0) is 0 Å². The Hall–Kier alpha value is -3.48. The number of fused-ring (bicyclic) bond motifs is 1. The van der Waals surface area contributed by atoms with Crippen molar-refractivity contribution in [3.8, 4) is 17.7 Å². The number of aliphatic hydroxyl groups excluding tert-OH is 1. The normalized spacial score (nSPS) is 18.3. The zero-order valence-electron chi connectivity index (χ0n) is 21.4. The number of aliphatic hydroxyl groups is 1. The lowest BCUT2D eigenvalue weighted by atomic mass is 9.99. The number of pyridine rings is 1. The Kier molecular flexibility index (Phi) is 9.02. The van der Waals surface area contributed by atoms with Crippen LogP contribution in [-0.4, -0.2) is 96.1 Å². The Morgan fingerprint density at radius 3 is 2.64 bits per heavy atom. The van der Waals surface area contributed by atoms with Crippen molar-refractivity contribution in [1.82, 2.24) is 19.7 Å². The number of likely N-dealkylation sites (N-methyl/N-ethyl adjacent to an activating group) is 1. The molecule has 3 atom stereocenters. The van der Waals surface area contributed by atoms with E-state index in [1.54, 1.807) is 31.1 Å². The summed E-state index contributed by atoms with van der Waals surface area (Å²) in [4.78, 5) is 35.8. The van der Waals surface area contributed by atoms with E-state index >= 15 is 0 Å². The van der Waals surface area contributed by atoms with Crippen molar-refractivity contribution in [2.24, 2.45) is 5.92 Å². The third kappa shape index (κ3) is 6.59. The summed E-state index contributed by atoms with van der Waals surface area (Å²) in [6.07, 6.45) is 1.07. The Balaban J connectivity index is 1.92. The Bertz CT molecular complexity index is 1140. The summed E-state index contributed by atoms with van der Waals surface area (Å²) >= 11 is 0. The molecule has 3 rings (SSSR count). The van der Waals surface area contributed by atoms with Gasteiger partial charge in [0.1, 0.15) is 17.5 Å². The highest BCUT2D eigenvalue weighted by Gasteiger charge is 2.34. The van der Waals surface area contributed by atoms with Gasteiger partial charge in [-0.15, -0.1) is 0 Å². The van der Waals surface area contributed by atoms with Crippen LogP contribution in [0.2, 0.25) is 0 Å². The van der Waals surface area contributed by atoms with Crippen LogP contribution in [0.25, 0.3) is 0 Å². The summed E-state index contributed by atoms with van der Waals surface area (Å²) < 4.78 is 19.5. The fourth-order valence-electron chi connectivity index (χ4n) is 3.85. The molecule has 1 aliphatic rings. The van der Waals surface area contributed by atoms with Gasteiger partial charge in [0.25, 0.3) is 11.8 Å². The molecule has 1 N–H and O–H groups in total. The van der Waals surface area contributed by atoms with Crippen LogP contribution in [0.3, 0.4) is 0 Å². The molecule has 1 aromatic carbocycles. The number of benzene rings is 1. The van der Waals surface area contributed by atoms with Crippen molar-refractivity contribution in [1.29, 1.82) is 0 Å². The molecular weight excluding hydrogens is 463 g/mol. The number of carbonyl (C=O) groups excluding carboxylic acids is 2. The number of nitrogens with zero attached hydrogens (tertiary/aromatic N) is 4. The van der Waals surface area contributed by atoms with E-state index in [9.17, 15) is 19.1 Å². The lowest BCUT2D eigenvalue weighted by Crippen LogP contribution is -2.50. The van der Waals surface area contributed by atoms with Gasteiger partial charge in [-0.3, -0.25) is 14.5 Å². The van der Waals surface area contributed by atoms with Crippen molar-refractivity contribution in [2.75, 3.05) is 47.4 Å². The largest absolute Gasteiger partial charge is 0.472 e. The molecule has 2 aromatic rings. The number of ether oxygens (including phenoxy) is 1. The van der Waals surface area contributed by atoms with E-state index in [4.69, 9.17) is 4.74 Å². The van der Waals surface area contributed by atoms with Gasteiger partial charge in [0, 0.05) is 36.8 Å². The summed E-state index contributed by atoms with van der Waals surface area (Å²) in [7, 11) is 5.48. The molecule has 2 heterocycles. The molecule has 0 saturated heterocycles. The maximum atomic E-state index is 13.5. The fraction of sp³-hybridized carbons (Fsp3) is 0.444. The predicted molar refractivity (Wildman–Crippen MR) is 134 cm³/mol. The van der Waals surface area contributed by atoms with Crippen LogP contribution in [0.1, 0.15) is 40.1 Å². The average molecular weight is 497 g/mol. The van der Waals surface area contributed by atoms with E-state index in [1.807, 2.05) is 25.9 Å². The average Bonchev–Trinajstić information content (AvgIpc) is 2.85. The minimum absolute atomic E-state index is 0.160. The number of carbonyl (C=O) groups is 2. The van der Waals surface area contributed by atoms with E-state index in [0.717, 1.165) is 0 Å². The highest BCUT2D eigenvalue weighted by Crippen LogP contribution is 2.27. The maximum absolute atomic E-state index is 13.5. The van der Waals surface area contributed by atoms with Crippen molar-refractivity contribution in [3.63, 3.8) is 0 Å². The van der Waals surface area contributed by atoms with E-state index in [1.165, 1.54) is 29.2 Å². The van der Waals surface area contributed by atoms with Gasteiger partial charge < -0.3 is 19.6 Å². The first-order valence-electron chi connectivity index (χ1n) is 11.8. The van der Waals surface area contributed by atoms with Crippen LogP contribution in [0.4, 0.5) is 4.39 Å². The lowest BCUT2D eigenvalue weighted by molar-refractivity contribution is 0.0313. The Labute approximate surface area is 211 Å². The summed E-state index contributed by atoms with van der Waals surface area (Å²) in [5, 5.41) is 9.81. The molecule has 1 aliphatic heterocycles. The molecule has 192 valence electrons. The SMILES string of the molecule is C[C@@H]1CN([C@H](C)CO)C(=O)c2cc(C#CCN(C)C)cnc2O[C@@H]1CN(C)C(=O)c1ccc(F)cc1. The zero-order valence-corrected chi connectivity index (χ0v) is 21.4. The minimum Gasteiger partial charge on any atom is -0.472 e. The second-order valence-corrected chi connectivity index (χ2v) is 9.43. The van der Waals surface area contributed by atoms with Crippen molar-refractivity contribution in [2.45, 2.75) is 26.0 Å². The molecule has 0 saturated carbocycles. The molecule has 9 heteroatoms. The summed E-state index contributed by atoms with van der Waals surface area (Å²) in [5.74, 6) is 5.05. The lowest BCUT2D eigenvalue weighted by Gasteiger charge is -2.37. The zero-order chi connectivity index (χ0) is 26.4. The van der Waals surface area contributed by atoms with Gasteiger partial charge in [-0.05, 0) is 51.4 Å². The molecule has 0 fully saturated rings. The molecule has 36 heavy (non-hydrogen) atoms. The maximum Gasteiger partial charge on any atom is 0.259 e. The first-order chi connectivity index (χ1) is 17.1. The summed E-state index contributed by atoms with van der Waals surface area (Å²) in [6, 6.07) is 6.61. The highest BCUT2D eigenvalue weighted by molar-refractivity contribution is 5.97. The summed E-state index contributed by atoms with van der Waals surface area (Å²) in [5.41, 5.74) is 1.21. The highest BCUT2D eigenvalue weighted by atomic mass is 19.1. The van der Waals surface area contributed by atoms with E-state index in [-0.39, 0.29) is 42.3 Å². The van der Waals surface area contributed by atoms with E-state index < -0.39 is 18.0 Å². The number of aromatic nitrogens is 1. The van der Waals surface area contributed by atoms with Gasteiger partial charge in [0.05, 0.1) is 25.7 Å². The fourth-order valence-corrected chi connectivity index (χ4v) is 3.85. The quantitative estimate of drug-likeness (QED) is 0.617. The monoisotopic (exact) mass is 496 g/mol.